The molecule has 2 rings (SSSR count). The second kappa shape index (κ2) is 4.07. The third-order valence-corrected chi connectivity index (χ3v) is 2.94. The van der Waals surface area contributed by atoms with Crippen molar-refractivity contribution in [3.05, 3.63) is 32.9 Å². The van der Waals surface area contributed by atoms with Crippen LogP contribution in [0.2, 0.25) is 0 Å². The molecule has 0 saturated heterocycles. The normalized spacial score (nSPS) is 13.1. The van der Waals surface area contributed by atoms with Crippen molar-refractivity contribution in [1.82, 2.24) is 15.0 Å². The second-order valence-electron chi connectivity index (χ2n) is 2.93. The van der Waals surface area contributed by atoms with Gasteiger partial charge < -0.3 is 9.52 Å². The van der Waals surface area contributed by atoms with Crippen LogP contribution in [-0.4, -0.2) is 20.1 Å². The van der Waals surface area contributed by atoms with Crippen molar-refractivity contribution in [2.75, 3.05) is 0 Å². The van der Waals surface area contributed by atoms with Crippen LogP contribution in [0.15, 0.2) is 25.8 Å². The topological polar surface area (TPSA) is 64.1 Å². The van der Waals surface area contributed by atoms with Gasteiger partial charge in [-0.25, -0.2) is 4.68 Å². The van der Waals surface area contributed by atoms with Gasteiger partial charge in [0.05, 0.1) is 0 Å². The van der Waals surface area contributed by atoms with Gasteiger partial charge in [0.15, 0.2) is 15.4 Å². The first-order chi connectivity index (χ1) is 7.09. The van der Waals surface area contributed by atoms with Crippen LogP contribution in [0, 0.1) is 0 Å². The molecule has 0 amide bonds. The van der Waals surface area contributed by atoms with E-state index in [1.165, 1.54) is 4.68 Å². The Balaban J connectivity index is 2.40. The summed E-state index contributed by atoms with van der Waals surface area (Å²) in [5.41, 5.74) is 0.553. The Bertz CT molecular complexity index is 460. The molecule has 0 spiro atoms. The van der Waals surface area contributed by atoms with Gasteiger partial charge in [-0.15, -0.1) is 5.10 Å². The molecule has 2 aromatic rings. The lowest BCUT2D eigenvalue weighted by Crippen LogP contribution is -2.06. The molecular weight excluding hydrogens is 330 g/mol. The van der Waals surface area contributed by atoms with Crippen LogP contribution in [0.4, 0.5) is 0 Å². The molecule has 0 bridgehead atoms. The zero-order valence-corrected chi connectivity index (χ0v) is 10.9. The van der Waals surface area contributed by atoms with Gasteiger partial charge in [0.1, 0.15) is 11.5 Å². The first kappa shape index (κ1) is 10.8. The molecule has 15 heavy (non-hydrogen) atoms. The predicted octanol–water partition coefficient (Wildman–Crippen LogP) is 2.01. The number of nitrogens with zero attached hydrogens (tertiary/aromatic N) is 3. The van der Waals surface area contributed by atoms with Crippen molar-refractivity contribution in [1.29, 1.82) is 0 Å². The number of halogens is 2. The Hall–Kier alpha value is -0.660. The van der Waals surface area contributed by atoms with E-state index >= 15 is 0 Å². The summed E-state index contributed by atoms with van der Waals surface area (Å²) in [6, 6.07) is 3.41. The fourth-order valence-corrected chi connectivity index (χ4v) is 2.10. The van der Waals surface area contributed by atoms with E-state index in [2.05, 4.69) is 42.2 Å². The smallest absolute Gasteiger partial charge is 0.169 e. The molecule has 1 unspecified atom stereocenters. The Morgan fingerprint density at radius 2 is 2.20 bits per heavy atom. The van der Waals surface area contributed by atoms with E-state index in [0.717, 1.165) is 0 Å². The van der Waals surface area contributed by atoms with Crippen LogP contribution >= 0.6 is 31.9 Å². The minimum absolute atomic E-state index is 0.438. The highest BCUT2D eigenvalue weighted by molar-refractivity contribution is 9.10. The van der Waals surface area contributed by atoms with Crippen LogP contribution in [0.5, 0.6) is 0 Å². The molecule has 0 aliphatic carbocycles. The minimum Gasteiger partial charge on any atom is -0.451 e. The molecule has 5 nitrogen and oxygen atoms in total. The van der Waals surface area contributed by atoms with Crippen LogP contribution < -0.4 is 0 Å². The summed E-state index contributed by atoms with van der Waals surface area (Å²) in [6.45, 7) is 0. The van der Waals surface area contributed by atoms with Gasteiger partial charge in [-0.05, 0) is 44.0 Å². The van der Waals surface area contributed by atoms with Crippen molar-refractivity contribution in [2.24, 2.45) is 7.05 Å². The van der Waals surface area contributed by atoms with Crippen molar-refractivity contribution in [2.45, 2.75) is 6.10 Å². The SMILES string of the molecule is Cn1nnc(Br)c1C(O)c1ccc(Br)o1. The van der Waals surface area contributed by atoms with Crippen molar-refractivity contribution >= 4 is 31.9 Å². The summed E-state index contributed by atoms with van der Waals surface area (Å²) in [7, 11) is 1.70. The molecule has 1 atom stereocenters. The molecule has 0 aliphatic rings. The molecule has 1 N–H and O–H groups in total. The zero-order chi connectivity index (χ0) is 11.0. The van der Waals surface area contributed by atoms with Crippen LogP contribution in [0.25, 0.3) is 0 Å². The maximum Gasteiger partial charge on any atom is 0.169 e. The average Bonchev–Trinajstić information content (AvgIpc) is 2.73. The van der Waals surface area contributed by atoms with Gasteiger partial charge >= 0.3 is 0 Å². The lowest BCUT2D eigenvalue weighted by Gasteiger charge is -2.07. The van der Waals surface area contributed by atoms with E-state index < -0.39 is 6.10 Å². The van der Waals surface area contributed by atoms with E-state index in [9.17, 15) is 5.11 Å². The maximum atomic E-state index is 10.0. The number of hydrogen-bond acceptors (Lipinski definition) is 4. The highest BCUT2D eigenvalue weighted by atomic mass is 79.9. The molecule has 2 aromatic heterocycles. The van der Waals surface area contributed by atoms with Crippen molar-refractivity contribution in [3.63, 3.8) is 0 Å². The van der Waals surface area contributed by atoms with Gasteiger partial charge in [0.2, 0.25) is 0 Å². The van der Waals surface area contributed by atoms with Gasteiger partial charge in [0.25, 0.3) is 0 Å². The number of aryl methyl sites for hydroxylation is 1. The molecule has 80 valence electrons. The first-order valence-electron chi connectivity index (χ1n) is 4.08. The Kier molecular flexibility index (Phi) is 2.94. The third kappa shape index (κ3) is 1.99. The fourth-order valence-electron chi connectivity index (χ4n) is 1.24. The third-order valence-electron chi connectivity index (χ3n) is 1.95. The first-order valence-corrected chi connectivity index (χ1v) is 5.66. The molecule has 0 radical (unpaired) electrons. The Morgan fingerprint density at radius 3 is 2.67 bits per heavy atom. The molecule has 0 aromatic carbocycles. The van der Waals surface area contributed by atoms with Crippen molar-refractivity contribution < 1.29 is 9.52 Å². The number of furan rings is 1. The number of hydrogen-bond donors (Lipinski definition) is 1. The molecule has 7 heteroatoms. The fraction of sp³-hybridized carbons (Fsp3) is 0.250. The Labute approximate surface area is 102 Å². The van der Waals surface area contributed by atoms with E-state index in [1.54, 1.807) is 19.2 Å². The van der Waals surface area contributed by atoms with Crippen LogP contribution in [-0.2, 0) is 7.05 Å². The summed E-state index contributed by atoms with van der Waals surface area (Å²) in [5, 5.41) is 17.6. The zero-order valence-electron chi connectivity index (χ0n) is 7.69. The molecule has 0 aliphatic heterocycles. The number of aliphatic hydroxyl groups excluding tert-OH is 1. The minimum atomic E-state index is -0.884. The van der Waals surface area contributed by atoms with Gasteiger partial charge in [-0.3, -0.25) is 0 Å². The molecular formula is C8H7Br2N3O2. The summed E-state index contributed by atoms with van der Waals surface area (Å²) in [4.78, 5) is 0. The monoisotopic (exact) mass is 335 g/mol. The van der Waals surface area contributed by atoms with E-state index in [0.29, 0.717) is 20.7 Å². The summed E-state index contributed by atoms with van der Waals surface area (Å²) in [5.74, 6) is 0.438. The van der Waals surface area contributed by atoms with Gasteiger partial charge in [-0.1, -0.05) is 5.21 Å². The van der Waals surface area contributed by atoms with Crippen molar-refractivity contribution in [3.8, 4) is 0 Å². The van der Waals surface area contributed by atoms with Gasteiger partial charge in [-0.2, -0.15) is 0 Å². The predicted molar refractivity (Wildman–Crippen MR) is 59.2 cm³/mol. The van der Waals surface area contributed by atoms with Crippen LogP contribution in [0.1, 0.15) is 17.6 Å². The lowest BCUT2D eigenvalue weighted by atomic mass is 10.2. The van der Waals surface area contributed by atoms with Gasteiger partial charge in [0, 0.05) is 7.05 Å². The molecule has 0 saturated carbocycles. The highest BCUT2D eigenvalue weighted by Gasteiger charge is 2.22. The van der Waals surface area contributed by atoms with E-state index in [1.807, 2.05) is 0 Å². The van der Waals surface area contributed by atoms with E-state index in [-0.39, 0.29) is 0 Å². The summed E-state index contributed by atoms with van der Waals surface area (Å²) >= 11 is 6.39. The standard InChI is InChI=1S/C8H7Br2N3O2/c1-13-6(8(10)11-12-13)7(14)4-2-3-5(9)15-4/h2-3,7,14H,1H3. The summed E-state index contributed by atoms with van der Waals surface area (Å²) < 4.78 is 7.82. The number of aliphatic hydroxyl groups is 1. The number of aromatic nitrogens is 3. The Morgan fingerprint density at radius 1 is 1.47 bits per heavy atom. The average molecular weight is 337 g/mol. The van der Waals surface area contributed by atoms with E-state index in [4.69, 9.17) is 4.42 Å². The summed E-state index contributed by atoms with van der Waals surface area (Å²) in [6.07, 6.45) is -0.884. The molecule has 0 fully saturated rings. The second-order valence-corrected chi connectivity index (χ2v) is 4.47. The largest absolute Gasteiger partial charge is 0.451 e. The quantitative estimate of drug-likeness (QED) is 0.911. The highest BCUT2D eigenvalue weighted by Crippen LogP contribution is 2.28. The maximum absolute atomic E-state index is 10.0. The molecule has 2 heterocycles. The lowest BCUT2D eigenvalue weighted by molar-refractivity contribution is 0.177. The number of rotatable bonds is 2. The van der Waals surface area contributed by atoms with Crippen LogP contribution in [0.3, 0.4) is 0 Å².